The van der Waals surface area contributed by atoms with Crippen molar-refractivity contribution in [2.24, 2.45) is 0 Å². The Hall–Kier alpha value is -0.870. The van der Waals surface area contributed by atoms with Crippen molar-refractivity contribution < 1.29 is 0 Å². The number of hydrogen-bond acceptors (Lipinski definition) is 2. The Morgan fingerprint density at radius 2 is 2.29 bits per heavy atom. The standard InChI is InChI=1S/C13H16BrN3/c1-13(5-2-6-15-8-13)12-16-10-4-3-9(14)7-11(10)17-12/h3-4,7,15H,2,5-6,8H2,1H3,(H,16,17). The highest BCUT2D eigenvalue weighted by molar-refractivity contribution is 9.10. The van der Waals surface area contributed by atoms with Gasteiger partial charge in [0, 0.05) is 16.4 Å². The van der Waals surface area contributed by atoms with Gasteiger partial charge in [-0.05, 0) is 37.6 Å². The first-order chi connectivity index (χ1) is 8.17. The van der Waals surface area contributed by atoms with Gasteiger partial charge in [0.2, 0.25) is 0 Å². The van der Waals surface area contributed by atoms with Crippen LogP contribution < -0.4 is 5.32 Å². The van der Waals surface area contributed by atoms with E-state index in [9.17, 15) is 0 Å². The fourth-order valence-electron chi connectivity index (χ4n) is 2.53. The monoisotopic (exact) mass is 293 g/mol. The van der Waals surface area contributed by atoms with Gasteiger partial charge in [0.15, 0.2) is 0 Å². The normalized spacial score (nSPS) is 25.3. The molecule has 3 nitrogen and oxygen atoms in total. The molecule has 1 fully saturated rings. The van der Waals surface area contributed by atoms with Crippen molar-refractivity contribution in [2.75, 3.05) is 13.1 Å². The van der Waals surface area contributed by atoms with Crippen molar-refractivity contribution in [3.63, 3.8) is 0 Å². The fraction of sp³-hybridized carbons (Fsp3) is 0.462. The number of aromatic amines is 1. The summed E-state index contributed by atoms with van der Waals surface area (Å²) < 4.78 is 1.09. The second-order valence-electron chi connectivity index (χ2n) is 5.09. The third kappa shape index (κ3) is 2.00. The second-order valence-corrected chi connectivity index (χ2v) is 6.00. The molecule has 0 saturated carbocycles. The van der Waals surface area contributed by atoms with Crippen LogP contribution in [0.5, 0.6) is 0 Å². The Labute approximate surface area is 109 Å². The predicted octanol–water partition coefficient (Wildman–Crippen LogP) is 2.97. The lowest BCUT2D eigenvalue weighted by Gasteiger charge is -2.32. The number of nitrogens with one attached hydrogen (secondary N) is 2. The smallest absolute Gasteiger partial charge is 0.114 e. The lowest BCUT2D eigenvalue weighted by Crippen LogP contribution is -2.41. The van der Waals surface area contributed by atoms with E-state index in [-0.39, 0.29) is 5.41 Å². The van der Waals surface area contributed by atoms with Gasteiger partial charge in [-0.15, -0.1) is 0 Å². The predicted molar refractivity (Wildman–Crippen MR) is 73.2 cm³/mol. The summed E-state index contributed by atoms with van der Waals surface area (Å²) in [4.78, 5) is 8.20. The van der Waals surface area contributed by atoms with E-state index < -0.39 is 0 Å². The van der Waals surface area contributed by atoms with Crippen LogP contribution in [0, 0.1) is 0 Å². The molecule has 1 aliphatic rings. The SMILES string of the molecule is CC1(c2nc3ccc(Br)cc3[nH]2)CCCNC1. The molecule has 0 bridgehead atoms. The highest BCUT2D eigenvalue weighted by Gasteiger charge is 2.31. The van der Waals surface area contributed by atoms with Crippen molar-refractivity contribution in [1.29, 1.82) is 0 Å². The van der Waals surface area contributed by atoms with E-state index in [2.05, 4.69) is 45.3 Å². The number of imidazole rings is 1. The number of H-pyrrole nitrogens is 1. The average Bonchev–Trinajstić information content (AvgIpc) is 2.73. The van der Waals surface area contributed by atoms with Gasteiger partial charge in [0.05, 0.1) is 11.0 Å². The molecular formula is C13H16BrN3. The Kier molecular flexibility index (Phi) is 2.71. The zero-order valence-electron chi connectivity index (χ0n) is 9.89. The van der Waals surface area contributed by atoms with E-state index >= 15 is 0 Å². The number of fused-ring (bicyclic) bond motifs is 1. The molecule has 0 spiro atoms. The first-order valence-electron chi connectivity index (χ1n) is 6.04. The topological polar surface area (TPSA) is 40.7 Å². The van der Waals surface area contributed by atoms with Crippen molar-refractivity contribution >= 4 is 27.0 Å². The van der Waals surface area contributed by atoms with Crippen molar-refractivity contribution in [3.05, 3.63) is 28.5 Å². The molecule has 1 unspecified atom stereocenters. The maximum atomic E-state index is 4.73. The fourth-order valence-corrected chi connectivity index (χ4v) is 2.89. The summed E-state index contributed by atoms with van der Waals surface area (Å²) in [6.45, 7) is 4.42. The van der Waals surface area contributed by atoms with Crippen LogP contribution in [0.15, 0.2) is 22.7 Å². The molecule has 1 atom stereocenters. The number of hydrogen-bond donors (Lipinski definition) is 2. The van der Waals surface area contributed by atoms with E-state index in [1.165, 1.54) is 12.8 Å². The molecule has 17 heavy (non-hydrogen) atoms. The molecule has 3 rings (SSSR count). The van der Waals surface area contributed by atoms with E-state index in [4.69, 9.17) is 4.98 Å². The van der Waals surface area contributed by atoms with Crippen molar-refractivity contribution in [2.45, 2.75) is 25.2 Å². The quantitative estimate of drug-likeness (QED) is 0.849. The zero-order chi connectivity index (χ0) is 11.9. The summed E-state index contributed by atoms with van der Waals surface area (Å²) >= 11 is 3.49. The largest absolute Gasteiger partial charge is 0.341 e. The van der Waals surface area contributed by atoms with Crippen LogP contribution >= 0.6 is 15.9 Å². The molecule has 1 aromatic carbocycles. The van der Waals surface area contributed by atoms with Crippen LogP contribution in [-0.2, 0) is 5.41 Å². The van der Waals surface area contributed by atoms with Gasteiger partial charge in [-0.1, -0.05) is 22.9 Å². The lowest BCUT2D eigenvalue weighted by atomic mass is 9.82. The molecule has 2 heterocycles. The van der Waals surface area contributed by atoms with E-state index in [0.29, 0.717) is 0 Å². The molecule has 0 radical (unpaired) electrons. The maximum absolute atomic E-state index is 4.73. The van der Waals surface area contributed by atoms with Gasteiger partial charge in [-0.2, -0.15) is 0 Å². The summed E-state index contributed by atoms with van der Waals surface area (Å²) in [5, 5.41) is 3.46. The van der Waals surface area contributed by atoms with Gasteiger partial charge in [-0.3, -0.25) is 0 Å². The number of benzene rings is 1. The van der Waals surface area contributed by atoms with E-state index in [1.54, 1.807) is 0 Å². The highest BCUT2D eigenvalue weighted by Crippen LogP contribution is 2.30. The molecule has 2 N–H and O–H groups in total. The molecule has 0 aliphatic carbocycles. The van der Waals surface area contributed by atoms with Crippen molar-refractivity contribution in [3.8, 4) is 0 Å². The number of aromatic nitrogens is 2. The highest BCUT2D eigenvalue weighted by atomic mass is 79.9. The molecule has 2 aromatic rings. The van der Waals surface area contributed by atoms with Gasteiger partial charge in [-0.25, -0.2) is 4.98 Å². The van der Waals surface area contributed by atoms with Crippen LogP contribution in [0.4, 0.5) is 0 Å². The Morgan fingerprint density at radius 1 is 1.41 bits per heavy atom. The zero-order valence-corrected chi connectivity index (χ0v) is 11.5. The first kappa shape index (κ1) is 11.2. The van der Waals surface area contributed by atoms with Crippen LogP contribution in [-0.4, -0.2) is 23.1 Å². The van der Waals surface area contributed by atoms with Crippen LogP contribution in [0.3, 0.4) is 0 Å². The molecular weight excluding hydrogens is 278 g/mol. The lowest BCUT2D eigenvalue weighted by molar-refractivity contribution is 0.326. The molecule has 0 amide bonds. The van der Waals surface area contributed by atoms with E-state index in [0.717, 1.165) is 34.4 Å². The van der Waals surface area contributed by atoms with Gasteiger partial charge >= 0.3 is 0 Å². The molecule has 1 aliphatic heterocycles. The molecule has 1 aromatic heterocycles. The minimum Gasteiger partial charge on any atom is -0.341 e. The third-order valence-corrected chi connectivity index (χ3v) is 4.11. The summed E-state index contributed by atoms with van der Waals surface area (Å²) in [6.07, 6.45) is 2.41. The number of halogens is 1. The van der Waals surface area contributed by atoms with Crippen LogP contribution in [0.1, 0.15) is 25.6 Å². The van der Waals surface area contributed by atoms with E-state index in [1.807, 2.05) is 6.07 Å². The molecule has 1 saturated heterocycles. The van der Waals surface area contributed by atoms with Crippen molar-refractivity contribution in [1.82, 2.24) is 15.3 Å². The third-order valence-electron chi connectivity index (χ3n) is 3.61. The van der Waals surface area contributed by atoms with Gasteiger partial charge in [0.25, 0.3) is 0 Å². The summed E-state index contributed by atoms with van der Waals surface area (Å²) in [6, 6.07) is 6.18. The minimum atomic E-state index is 0.143. The maximum Gasteiger partial charge on any atom is 0.114 e. The molecule has 4 heteroatoms. The Balaban J connectivity index is 2.05. The number of piperidine rings is 1. The molecule has 90 valence electrons. The minimum absolute atomic E-state index is 0.143. The number of rotatable bonds is 1. The van der Waals surface area contributed by atoms with Crippen LogP contribution in [0.25, 0.3) is 11.0 Å². The summed E-state index contributed by atoms with van der Waals surface area (Å²) in [7, 11) is 0. The summed E-state index contributed by atoms with van der Waals surface area (Å²) in [5.74, 6) is 1.11. The van der Waals surface area contributed by atoms with Gasteiger partial charge < -0.3 is 10.3 Å². The van der Waals surface area contributed by atoms with Gasteiger partial charge in [0.1, 0.15) is 5.82 Å². The Morgan fingerprint density at radius 3 is 3.06 bits per heavy atom. The average molecular weight is 294 g/mol. The summed E-state index contributed by atoms with van der Waals surface area (Å²) in [5.41, 5.74) is 2.31. The first-order valence-corrected chi connectivity index (χ1v) is 6.83. The van der Waals surface area contributed by atoms with Crippen LogP contribution in [0.2, 0.25) is 0 Å². The second kappa shape index (κ2) is 4.10. The number of nitrogens with zero attached hydrogens (tertiary/aromatic N) is 1. The Bertz CT molecular complexity index is 541.